The van der Waals surface area contributed by atoms with Crippen molar-refractivity contribution in [2.24, 2.45) is 5.10 Å². The van der Waals surface area contributed by atoms with E-state index in [4.69, 9.17) is 4.74 Å². The minimum Gasteiger partial charge on any atom is -0.484 e. The van der Waals surface area contributed by atoms with E-state index in [0.717, 1.165) is 31.2 Å². The second-order valence-corrected chi connectivity index (χ2v) is 9.45. The molecule has 0 aromatic heterocycles. The summed E-state index contributed by atoms with van der Waals surface area (Å²) in [6.45, 7) is -1.05. The fourth-order valence-electron chi connectivity index (χ4n) is 4.75. The van der Waals surface area contributed by atoms with Crippen LogP contribution >= 0.6 is 0 Å². The second kappa shape index (κ2) is 10.2. The standard InChI is InChI=1S/C26H25F7N2O3/c27-24(28,25(29,30)26(31,32)33)23(37)15-21(19-9-5-2-6-10-19)34-35(23)22(36)16-38-20-13-11-18(12-14-20)17-7-3-1-4-8-17/h2,5-6,9-14,17,37H,1,3-4,7-8,15-16H2/t23-/m0/s1. The first-order valence-corrected chi connectivity index (χ1v) is 12.0. The molecule has 38 heavy (non-hydrogen) atoms. The maximum absolute atomic E-state index is 14.8. The Kier molecular flexibility index (Phi) is 7.48. The SMILES string of the molecule is O=C(COc1ccc(C2CCCCC2)cc1)N1N=C(c2ccccc2)C[C@]1(O)C(F)(F)C(F)(F)C(F)(F)F. The van der Waals surface area contributed by atoms with E-state index in [1.807, 2.05) is 0 Å². The number of hydrogen-bond donors (Lipinski definition) is 1. The summed E-state index contributed by atoms with van der Waals surface area (Å²) in [5.41, 5.74) is -3.69. The van der Waals surface area contributed by atoms with Gasteiger partial charge in [0.05, 0.1) is 5.71 Å². The van der Waals surface area contributed by atoms with Gasteiger partial charge in [0.15, 0.2) is 6.61 Å². The first kappa shape index (κ1) is 27.9. The highest BCUT2D eigenvalue weighted by Crippen LogP contribution is 2.54. The van der Waals surface area contributed by atoms with Crippen LogP contribution in [0.2, 0.25) is 0 Å². The molecule has 0 unspecified atom stereocenters. The van der Waals surface area contributed by atoms with Gasteiger partial charge >= 0.3 is 18.0 Å². The van der Waals surface area contributed by atoms with E-state index in [2.05, 4.69) is 5.10 Å². The lowest BCUT2D eigenvalue weighted by molar-refractivity contribution is -0.401. The molecular weight excluding hydrogens is 521 g/mol. The molecule has 1 heterocycles. The minimum atomic E-state index is -6.72. The summed E-state index contributed by atoms with van der Waals surface area (Å²) < 4.78 is 102. The van der Waals surface area contributed by atoms with Gasteiger partial charge in [-0.2, -0.15) is 40.8 Å². The Morgan fingerprint density at radius 1 is 0.947 bits per heavy atom. The fourth-order valence-corrected chi connectivity index (χ4v) is 4.75. The van der Waals surface area contributed by atoms with Crippen LogP contribution in [0.4, 0.5) is 30.7 Å². The second-order valence-electron chi connectivity index (χ2n) is 9.45. The number of halogens is 7. The third-order valence-corrected chi connectivity index (χ3v) is 6.90. The smallest absolute Gasteiger partial charge is 0.460 e. The summed E-state index contributed by atoms with van der Waals surface area (Å²) >= 11 is 0. The average Bonchev–Trinajstić information content (AvgIpc) is 3.27. The molecule has 206 valence electrons. The topological polar surface area (TPSA) is 62.1 Å². The monoisotopic (exact) mass is 546 g/mol. The van der Waals surface area contributed by atoms with Crippen molar-refractivity contribution in [2.75, 3.05) is 6.61 Å². The van der Waals surface area contributed by atoms with Gasteiger partial charge in [-0.25, -0.2) is 0 Å². The third-order valence-electron chi connectivity index (χ3n) is 6.90. The predicted octanol–water partition coefficient (Wildman–Crippen LogP) is 6.27. The molecule has 1 saturated carbocycles. The highest BCUT2D eigenvalue weighted by Gasteiger charge is 2.82. The molecule has 0 saturated heterocycles. The highest BCUT2D eigenvalue weighted by atomic mass is 19.4. The Bertz CT molecular complexity index is 1160. The quantitative estimate of drug-likeness (QED) is 0.417. The van der Waals surface area contributed by atoms with Crippen LogP contribution in [0.15, 0.2) is 59.7 Å². The van der Waals surface area contributed by atoms with Gasteiger partial charge in [0.1, 0.15) is 5.75 Å². The molecule has 1 N–H and O–H groups in total. The van der Waals surface area contributed by atoms with Crippen LogP contribution in [0.5, 0.6) is 5.75 Å². The molecule has 2 aliphatic rings. The Labute approximate surface area is 213 Å². The van der Waals surface area contributed by atoms with Gasteiger partial charge in [0.25, 0.3) is 5.91 Å². The van der Waals surface area contributed by atoms with Crippen molar-refractivity contribution in [2.45, 2.75) is 68.2 Å². The number of amides is 1. The van der Waals surface area contributed by atoms with E-state index in [1.54, 1.807) is 24.3 Å². The van der Waals surface area contributed by atoms with Crippen molar-refractivity contribution in [1.82, 2.24) is 5.01 Å². The van der Waals surface area contributed by atoms with Gasteiger partial charge in [0, 0.05) is 6.42 Å². The molecule has 1 aliphatic heterocycles. The number of hydrogen-bond acceptors (Lipinski definition) is 4. The Morgan fingerprint density at radius 2 is 1.55 bits per heavy atom. The molecule has 1 fully saturated rings. The minimum absolute atomic E-state index is 0.0477. The van der Waals surface area contributed by atoms with Crippen molar-refractivity contribution < 1.29 is 45.4 Å². The lowest BCUT2D eigenvalue weighted by Gasteiger charge is -2.41. The lowest BCUT2D eigenvalue weighted by Crippen LogP contribution is -2.69. The number of rotatable bonds is 7. The maximum atomic E-state index is 14.8. The van der Waals surface area contributed by atoms with Crippen molar-refractivity contribution >= 4 is 11.6 Å². The molecule has 5 nitrogen and oxygen atoms in total. The Hall–Kier alpha value is -3.15. The molecule has 0 spiro atoms. The zero-order valence-electron chi connectivity index (χ0n) is 20.0. The highest BCUT2D eigenvalue weighted by molar-refractivity contribution is 6.03. The van der Waals surface area contributed by atoms with Gasteiger partial charge in [-0.05, 0) is 42.0 Å². The number of carbonyl (C=O) groups is 1. The van der Waals surface area contributed by atoms with Crippen molar-refractivity contribution in [1.29, 1.82) is 0 Å². The van der Waals surface area contributed by atoms with Gasteiger partial charge in [-0.1, -0.05) is 61.7 Å². The van der Waals surface area contributed by atoms with E-state index in [0.29, 0.717) is 5.92 Å². The number of aliphatic hydroxyl groups is 1. The van der Waals surface area contributed by atoms with E-state index < -0.39 is 53.4 Å². The summed E-state index contributed by atoms with van der Waals surface area (Å²) in [5, 5.41) is 13.8. The average molecular weight is 546 g/mol. The zero-order valence-corrected chi connectivity index (χ0v) is 20.0. The molecule has 2 aromatic rings. The van der Waals surface area contributed by atoms with Crippen molar-refractivity contribution in [3.8, 4) is 5.75 Å². The van der Waals surface area contributed by atoms with Crippen LogP contribution in [0, 0.1) is 0 Å². The normalized spacial score (nSPS) is 21.4. The number of ether oxygens (including phenoxy) is 1. The van der Waals surface area contributed by atoms with Crippen LogP contribution in [0.1, 0.15) is 55.6 Å². The van der Waals surface area contributed by atoms with Crippen LogP contribution in [-0.2, 0) is 4.79 Å². The van der Waals surface area contributed by atoms with Crippen LogP contribution in [-0.4, -0.2) is 52.1 Å². The molecule has 12 heteroatoms. The number of benzene rings is 2. The molecule has 0 bridgehead atoms. The number of carbonyl (C=O) groups excluding carboxylic acids is 1. The van der Waals surface area contributed by atoms with Gasteiger partial charge < -0.3 is 9.84 Å². The van der Waals surface area contributed by atoms with E-state index in [-0.39, 0.29) is 11.3 Å². The Balaban J connectivity index is 1.57. The summed E-state index contributed by atoms with van der Waals surface area (Å²) in [6, 6.07) is 13.7. The summed E-state index contributed by atoms with van der Waals surface area (Å²) in [4.78, 5) is 12.8. The molecular formula is C26H25F7N2O3. The van der Waals surface area contributed by atoms with E-state index >= 15 is 0 Å². The van der Waals surface area contributed by atoms with Gasteiger partial charge in [-0.15, -0.1) is 0 Å². The summed E-state index contributed by atoms with van der Waals surface area (Å²) in [7, 11) is 0. The van der Waals surface area contributed by atoms with E-state index in [9.17, 15) is 40.6 Å². The Morgan fingerprint density at radius 3 is 2.13 bits per heavy atom. The van der Waals surface area contributed by atoms with Crippen molar-refractivity contribution in [3.05, 3.63) is 65.7 Å². The molecule has 1 atom stereocenters. The van der Waals surface area contributed by atoms with Crippen LogP contribution in [0.25, 0.3) is 0 Å². The van der Waals surface area contributed by atoms with Gasteiger partial charge in [-0.3, -0.25) is 4.79 Å². The molecule has 2 aromatic carbocycles. The van der Waals surface area contributed by atoms with Crippen LogP contribution in [0.3, 0.4) is 0 Å². The molecule has 4 rings (SSSR count). The zero-order chi connectivity index (χ0) is 27.8. The maximum Gasteiger partial charge on any atom is 0.460 e. The fraction of sp³-hybridized carbons (Fsp3) is 0.462. The largest absolute Gasteiger partial charge is 0.484 e. The number of nitrogens with zero attached hydrogens (tertiary/aromatic N) is 2. The molecule has 1 aliphatic carbocycles. The first-order valence-electron chi connectivity index (χ1n) is 12.0. The summed E-state index contributed by atoms with van der Waals surface area (Å²) in [6.07, 6.45) is -2.73. The van der Waals surface area contributed by atoms with Crippen molar-refractivity contribution in [3.63, 3.8) is 0 Å². The van der Waals surface area contributed by atoms with Crippen LogP contribution < -0.4 is 4.74 Å². The molecule has 0 radical (unpaired) electrons. The predicted molar refractivity (Wildman–Crippen MR) is 123 cm³/mol. The van der Waals surface area contributed by atoms with Gasteiger partial charge in [0.2, 0.25) is 5.72 Å². The number of hydrazone groups is 1. The third kappa shape index (κ3) is 4.97. The lowest BCUT2D eigenvalue weighted by atomic mass is 9.84. The number of alkyl halides is 7. The summed E-state index contributed by atoms with van der Waals surface area (Å²) in [5.74, 6) is -13.9. The van der Waals surface area contributed by atoms with E-state index in [1.165, 1.54) is 36.8 Å². The molecule has 1 amide bonds. The first-order chi connectivity index (χ1) is 17.8.